The Morgan fingerprint density at radius 3 is 1.12 bits per heavy atom. The summed E-state index contributed by atoms with van der Waals surface area (Å²) in [5, 5.41) is 50.0. The Morgan fingerprint density at radius 2 is 0.722 bits per heavy atom. The lowest BCUT2D eigenvalue weighted by atomic mass is 10.1. The topological polar surface area (TPSA) is 334 Å². The largest absolute Gasteiger partial charge is 0.573 e. The molecule has 18 aromatic rings. The summed E-state index contributed by atoms with van der Waals surface area (Å²) in [6.07, 6.45) is -15.0. The third-order valence-electron chi connectivity index (χ3n) is 21.8. The van der Waals surface area contributed by atoms with Crippen LogP contribution in [0.1, 0.15) is 95.5 Å². The molecule has 0 amide bonds. The third kappa shape index (κ3) is 29.6. The number of aryl methyl sites for hydroxylation is 3. The molecule has 18 rings (SSSR count). The van der Waals surface area contributed by atoms with Gasteiger partial charge in [0.05, 0.1) is 30.3 Å². The Kier molecular flexibility index (Phi) is 33.1. The zero-order chi connectivity index (χ0) is 104. The van der Waals surface area contributed by atoms with Gasteiger partial charge < -0.3 is 63.4 Å². The van der Waals surface area contributed by atoms with Crippen LogP contribution < -0.4 is 35.2 Å². The first-order chi connectivity index (χ1) is 68.3. The number of fused-ring (bicyclic) bond motifs is 6. The van der Waals surface area contributed by atoms with E-state index >= 15 is 0 Å². The van der Waals surface area contributed by atoms with Crippen LogP contribution in [-0.4, -0.2) is 85.6 Å². The molecule has 7 aromatic heterocycles. The molecule has 11 aromatic carbocycles. The van der Waals surface area contributed by atoms with Crippen LogP contribution in [0.4, 0.5) is 100.0 Å². The van der Waals surface area contributed by atoms with Crippen LogP contribution in [0.15, 0.2) is 302 Å². The molecule has 42 heteroatoms. The molecular weight excluding hydrogens is 1930 g/mol. The lowest BCUT2D eigenvalue weighted by Gasteiger charge is -2.11. The smallest absolute Gasteiger partial charge is 0.406 e. The second-order valence-electron chi connectivity index (χ2n) is 32.3. The monoisotopic (exact) mass is 2020 g/mol. The summed E-state index contributed by atoms with van der Waals surface area (Å²) in [5.41, 5.74) is 27.3. The number of amidine groups is 1. The van der Waals surface area contributed by atoms with Crippen molar-refractivity contribution in [3.63, 3.8) is 0 Å². The number of aromatic nitrogens is 6. The van der Waals surface area contributed by atoms with E-state index in [0.29, 0.717) is 49.1 Å². The zero-order valence-corrected chi connectivity index (χ0v) is 76.9. The third-order valence-corrected chi connectivity index (χ3v) is 22.7. The number of nitro groups is 4. The van der Waals surface area contributed by atoms with Gasteiger partial charge in [-0.3, -0.25) is 40.5 Å². The van der Waals surface area contributed by atoms with Crippen LogP contribution in [0.3, 0.4) is 0 Å². The fourth-order valence-electron chi connectivity index (χ4n) is 15.7. The zero-order valence-electron chi connectivity index (χ0n) is 76.1. The van der Waals surface area contributed by atoms with Crippen molar-refractivity contribution in [2.75, 3.05) is 5.73 Å². The maximum absolute atomic E-state index is 12.4. The number of benzene rings is 11. The number of nitrogens with one attached hydrogen (secondary N) is 2. The Hall–Kier alpha value is -16.8. The van der Waals surface area contributed by atoms with E-state index in [1.807, 2.05) is 77.5 Å². The molecule has 0 spiro atoms. The molecule has 0 aliphatic heterocycles. The van der Waals surface area contributed by atoms with Crippen molar-refractivity contribution in [3.8, 4) is 28.7 Å². The van der Waals surface area contributed by atoms with E-state index < -0.39 is 51.5 Å². The summed E-state index contributed by atoms with van der Waals surface area (Å²) in [5.74, 6) is -0.776. The lowest BCUT2D eigenvalue weighted by molar-refractivity contribution is -0.384. The van der Waals surface area contributed by atoms with Crippen molar-refractivity contribution in [1.29, 1.82) is 0 Å². The number of nitrogens with zero attached hydrogens (tertiary/aromatic N) is 9. The molecule has 0 saturated carbocycles. The number of hydrogen-bond acceptors (Lipinski definition) is 16. The maximum Gasteiger partial charge on any atom is 0.573 e. The van der Waals surface area contributed by atoms with Gasteiger partial charge >= 0.3 is 31.8 Å². The molecule has 748 valence electrons. The number of nitrogens with two attached hydrogens (primary N) is 2. The van der Waals surface area contributed by atoms with Crippen LogP contribution in [0, 0.1) is 40.5 Å². The number of hydrogen-bond donors (Lipinski definition) is 4. The van der Waals surface area contributed by atoms with Gasteiger partial charge in [0.15, 0.2) is 0 Å². The molecule has 0 atom stereocenters. The number of alkyl halides is 15. The molecular formula is C102H86F15N13O13S. The summed E-state index contributed by atoms with van der Waals surface area (Å²) >= 11 is 1.54. The Bertz CT molecular complexity index is 7500. The average Bonchev–Trinajstić information content (AvgIpc) is 1.63. The van der Waals surface area contributed by atoms with Crippen molar-refractivity contribution in [2.24, 2.45) is 10.7 Å². The van der Waals surface area contributed by atoms with E-state index in [4.69, 9.17) is 11.5 Å². The molecule has 6 N–H and O–H groups in total. The van der Waals surface area contributed by atoms with E-state index in [1.165, 1.54) is 127 Å². The predicted octanol–water partition coefficient (Wildman–Crippen LogP) is 28.3. The first kappa shape index (κ1) is 105. The first-order valence-electron chi connectivity index (χ1n) is 43.9. The van der Waals surface area contributed by atoms with Crippen molar-refractivity contribution < 1.29 is 109 Å². The molecule has 0 bridgehead atoms. The van der Waals surface area contributed by atoms with Crippen molar-refractivity contribution in [2.45, 2.75) is 124 Å². The van der Waals surface area contributed by atoms with Crippen LogP contribution in [0.25, 0.3) is 65.4 Å². The van der Waals surface area contributed by atoms with Gasteiger partial charge in [-0.2, -0.15) is 0 Å². The summed E-state index contributed by atoms with van der Waals surface area (Å²) in [4.78, 5) is 52.7. The van der Waals surface area contributed by atoms with Gasteiger partial charge in [-0.25, -0.2) is 4.99 Å². The number of rotatable bonds is 27. The lowest BCUT2D eigenvalue weighted by Crippen LogP contribution is -2.17. The number of nitro benzene ring substituents is 4. The fraction of sp³-hybridized carbons (Fsp3) is 0.186. The minimum Gasteiger partial charge on any atom is -0.406 e. The molecule has 0 aliphatic rings. The Labute approximate surface area is 811 Å². The van der Waals surface area contributed by atoms with E-state index in [2.05, 4.69) is 78.3 Å². The van der Waals surface area contributed by atoms with Crippen LogP contribution in [0.5, 0.6) is 28.7 Å². The fourth-order valence-corrected chi connectivity index (χ4v) is 16.4. The average molecular weight is 2020 g/mol. The maximum atomic E-state index is 12.4. The molecule has 0 saturated heterocycles. The highest BCUT2D eigenvalue weighted by atomic mass is 32.1. The number of ether oxygens (including phenoxy) is 5. The summed E-state index contributed by atoms with van der Waals surface area (Å²) in [7, 11) is 0. The second-order valence-corrected chi connectivity index (χ2v) is 33.3. The van der Waals surface area contributed by atoms with E-state index in [1.54, 1.807) is 103 Å². The molecule has 0 unspecified atom stereocenters. The summed E-state index contributed by atoms with van der Waals surface area (Å²) in [6.45, 7) is 9.13. The second kappa shape index (κ2) is 45.6. The van der Waals surface area contributed by atoms with Gasteiger partial charge in [-0.05, 0) is 216 Å². The van der Waals surface area contributed by atoms with Gasteiger partial charge in [0.2, 0.25) is 0 Å². The number of H-pyrrole nitrogens is 2. The van der Waals surface area contributed by atoms with Gasteiger partial charge in [0.25, 0.3) is 22.7 Å². The quantitative estimate of drug-likeness (QED) is 0.00928. The highest BCUT2D eigenvalue weighted by molar-refractivity contribution is 7.12. The normalized spacial score (nSPS) is 11.8. The van der Waals surface area contributed by atoms with Gasteiger partial charge in [-0.15, -0.1) is 77.2 Å². The van der Waals surface area contributed by atoms with Crippen molar-refractivity contribution in [3.05, 3.63) is 393 Å². The summed E-state index contributed by atoms with van der Waals surface area (Å²) < 4.78 is 211. The van der Waals surface area contributed by atoms with Gasteiger partial charge in [0.1, 0.15) is 34.6 Å². The number of non-ortho nitro benzene ring substituents is 4. The van der Waals surface area contributed by atoms with Crippen LogP contribution in [0.2, 0.25) is 0 Å². The number of aliphatic imine (C=N–C) groups is 1. The Morgan fingerprint density at radius 1 is 0.368 bits per heavy atom. The standard InChI is InChI=1S/C24H22F3N3OS.C19H17F3N2O3.C19H19F3N2O.2C16H11F3N2O3.C8H6N2O2/c1-2-11-30-19(13-16-5-8-20(9-6-16)31-24(25,26)27)15-17-14-18(7-10-21(17)30)29-23(28)22-4-3-12-32-22;1-2-9-23-16(12-14-11-15(24(25)26)5-8-18(14)23)10-13-3-6-17(7-4-13)27-19(20,21)22;1-2-9-24-16(12-14-11-15(23)5-8-18(14)24)10-13-3-6-17(7-4-13)25-19(20,21)22;17-16(18,19)24-14-4-1-10(2-5-14)7-12-8-11-9-13(21(22)23)3-6-15(11)20-12;17-16(18,19)24-14-4-1-11(2-5-14)10-20-8-7-12-9-13(21(22)23)3-6-15(12)20;11-10(12)7-1-2-8-6(5-7)3-4-9-8/h3-10,12,14-15H,2,11,13H2,1H3,(H2,28,29);3-8,11-12H,2,9-10H2,1H3;3-8,11-12H,2,9-10,23H2,1H3;1-6,8-9,20H,7H2;1-9H,10H2;1-5,9H. The molecule has 0 radical (unpaired) electrons. The molecule has 0 fully saturated rings. The van der Waals surface area contributed by atoms with E-state index in [9.17, 15) is 106 Å². The van der Waals surface area contributed by atoms with Crippen LogP contribution in [-0.2, 0) is 51.9 Å². The number of thiophene rings is 1. The number of halogens is 15. The van der Waals surface area contributed by atoms with Crippen molar-refractivity contribution >= 4 is 117 Å². The molecule has 144 heavy (non-hydrogen) atoms. The number of anilines is 1. The van der Waals surface area contributed by atoms with E-state index in [0.717, 1.165) is 160 Å². The highest BCUT2D eigenvalue weighted by Gasteiger charge is 2.35. The minimum absolute atomic E-state index is 0.00158. The number of nitrogen functional groups attached to an aromatic ring is 1. The van der Waals surface area contributed by atoms with Gasteiger partial charge in [-0.1, -0.05) is 87.5 Å². The number of aromatic amines is 2. The highest BCUT2D eigenvalue weighted by Crippen LogP contribution is 2.37. The molecule has 0 aliphatic carbocycles. The van der Waals surface area contributed by atoms with Crippen LogP contribution >= 0.6 is 11.3 Å². The predicted molar refractivity (Wildman–Crippen MR) is 517 cm³/mol. The SMILES string of the molecule is CCCn1c(Cc2ccc(OC(F)(F)F)cc2)cc2cc(N)ccc21.CCCn1c(Cc2ccc(OC(F)(F)F)cc2)cc2cc(N=C(N)c3cccs3)ccc21.CCCn1c(Cc2ccc(OC(F)(F)F)cc2)cc2cc([N+](=O)[O-])ccc21.O=[N+]([O-])c1ccc2[nH]c(Cc3ccc(OC(F)(F)F)cc3)cc2c1.O=[N+]([O-])c1ccc2[nH]ccc2c1.O=[N+]([O-])c1ccc2c(ccn2Cc2ccc(OC(F)(F)F)cc2)c1. The van der Waals surface area contributed by atoms with Crippen molar-refractivity contribution in [1.82, 2.24) is 28.2 Å². The van der Waals surface area contributed by atoms with Gasteiger partial charge in [0, 0.05) is 207 Å². The molecule has 7 heterocycles. The molecule has 26 nitrogen and oxygen atoms in total. The van der Waals surface area contributed by atoms with E-state index in [-0.39, 0.29) is 51.5 Å². The first-order valence-corrected chi connectivity index (χ1v) is 44.8. The summed E-state index contributed by atoms with van der Waals surface area (Å²) in [6, 6.07) is 74.5. The minimum atomic E-state index is -4.72. The Balaban J connectivity index is 0.000000147.